The molecule has 10 heteroatoms. The van der Waals surface area contributed by atoms with E-state index in [0.717, 1.165) is 25.3 Å². The molecular formula is C21H23N7O3. The maximum Gasteiger partial charge on any atom is 0.366 e. The standard InChI is InChI=1S/C21H23N7O3/c1-2-27-18-16(24-21(27)26-9-5-6-13(22)11-26)10-23-28(19(18)29)12-17-14-7-3-4-8-15(14)20(30)31-25-17/h3-4,7-8,10,13H,2,5-6,9,11-12,22H2,1H3. The summed E-state index contributed by atoms with van der Waals surface area (Å²) in [5.74, 6) is 0.749. The van der Waals surface area contributed by atoms with E-state index in [1.165, 1.54) is 4.68 Å². The lowest BCUT2D eigenvalue weighted by molar-refractivity contribution is 0.362. The van der Waals surface area contributed by atoms with Crippen LogP contribution in [0.15, 0.2) is 44.6 Å². The summed E-state index contributed by atoms with van der Waals surface area (Å²) in [5, 5.41) is 9.28. The fraction of sp³-hybridized carbons (Fsp3) is 0.381. The highest BCUT2D eigenvalue weighted by atomic mass is 16.5. The summed E-state index contributed by atoms with van der Waals surface area (Å²) in [4.78, 5) is 32.1. The van der Waals surface area contributed by atoms with Crippen molar-refractivity contribution in [2.45, 2.75) is 38.9 Å². The summed E-state index contributed by atoms with van der Waals surface area (Å²) >= 11 is 0. The first-order chi connectivity index (χ1) is 15.1. The van der Waals surface area contributed by atoms with Crippen LogP contribution >= 0.6 is 0 Å². The van der Waals surface area contributed by atoms with Crippen LogP contribution in [0.3, 0.4) is 0 Å². The normalized spacial score (nSPS) is 17.0. The number of aromatic nitrogens is 5. The fourth-order valence-electron chi connectivity index (χ4n) is 4.28. The van der Waals surface area contributed by atoms with Crippen LogP contribution in [0, 0.1) is 0 Å². The average Bonchev–Trinajstić information content (AvgIpc) is 3.17. The van der Waals surface area contributed by atoms with Crippen molar-refractivity contribution in [3.8, 4) is 0 Å². The number of nitrogens with two attached hydrogens (primary N) is 1. The number of hydrogen-bond donors (Lipinski definition) is 1. The quantitative estimate of drug-likeness (QED) is 0.519. The Morgan fingerprint density at radius 2 is 2.03 bits per heavy atom. The minimum atomic E-state index is -0.511. The zero-order chi connectivity index (χ0) is 21.5. The first-order valence-electron chi connectivity index (χ1n) is 10.4. The molecule has 5 rings (SSSR count). The van der Waals surface area contributed by atoms with Crippen molar-refractivity contribution < 1.29 is 4.52 Å². The molecule has 4 heterocycles. The van der Waals surface area contributed by atoms with Crippen molar-refractivity contribution in [2.75, 3.05) is 18.0 Å². The maximum atomic E-state index is 13.4. The van der Waals surface area contributed by atoms with Crippen LogP contribution in [0.25, 0.3) is 21.8 Å². The van der Waals surface area contributed by atoms with E-state index in [2.05, 4.69) is 15.2 Å². The van der Waals surface area contributed by atoms with Gasteiger partial charge in [-0.05, 0) is 25.8 Å². The molecule has 1 unspecified atom stereocenters. The van der Waals surface area contributed by atoms with Crippen LogP contribution in [-0.4, -0.2) is 43.6 Å². The molecule has 31 heavy (non-hydrogen) atoms. The Balaban J connectivity index is 1.60. The van der Waals surface area contributed by atoms with Gasteiger partial charge in [-0.2, -0.15) is 5.10 Å². The third kappa shape index (κ3) is 3.28. The Hall–Kier alpha value is -3.53. The van der Waals surface area contributed by atoms with Gasteiger partial charge in [0, 0.05) is 31.1 Å². The molecule has 1 fully saturated rings. The van der Waals surface area contributed by atoms with Gasteiger partial charge >= 0.3 is 5.63 Å². The second kappa shape index (κ2) is 7.62. The molecule has 1 atom stereocenters. The highest BCUT2D eigenvalue weighted by Crippen LogP contribution is 2.23. The van der Waals surface area contributed by atoms with Crippen LogP contribution in [0.2, 0.25) is 0 Å². The van der Waals surface area contributed by atoms with Gasteiger partial charge in [0.05, 0.1) is 18.1 Å². The van der Waals surface area contributed by atoms with Gasteiger partial charge in [-0.15, -0.1) is 0 Å². The van der Waals surface area contributed by atoms with E-state index in [4.69, 9.17) is 15.2 Å². The molecule has 0 aliphatic carbocycles. The Labute approximate surface area is 176 Å². The highest BCUT2D eigenvalue weighted by Gasteiger charge is 2.24. The lowest BCUT2D eigenvalue weighted by atomic mass is 10.1. The van der Waals surface area contributed by atoms with Gasteiger partial charge < -0.3 is 19.7 Å². The lowest BCUT2D eigenvalue weighted by Gasteiger charge is -2.31. The van der Waals surface area contributed by atoms with Gasteiger partial charge in [-0.1, -0.05) is 23.4 Å². The number of hydrogen-bond acceptors (Lipinski definition) is 8. The molecular weight excluding hydrogens is 398 g/mol. The number of anilines is 1. The van der Waals surface area contributed by atoms with Crippen LogP contribution in [0.1, 0.15) is 25.5 Å². The van der Waals surface area contributed by atoms with Crippen molar-refractivity contribution >= 4 is 27.8 Å². The third-order valence-electron chi connectivity index (χ3n) is 5.78. The number of imidazole rings is 1. The van der Waals surface area contributed by atoms with Crippen molar-refractivity contribution in [1.29, 1.82) is 0 Å². The van der Waals surface area contributed by atoms with Gasteiger partial charge in [0.2, 0.25) is 5.95 Å². The zero-order valence-electron chi connectivity index (χ0n) is 17.2. The summed E-state index contributed by atoms with van der Waals surface area (Å²) in [7, 11) is 0. The molecule has 1 saturated heterocycles. The van der Waals surface area contributed by atoms with E-state index in [1.807, 2.05) is 17.6 Å². The van der Waals surface area contributed by atoms with E-state index in [9.17, 15) is 9.59 Å². The topological polar surface area (TPSA) is 125 Å². The summed E-state index contributed by atoms with van der Waals surface area (Å²) in [6.07, 6.45) is 3.58. The van der Waals surface area contributed by atoms with Gasteiger partial charge in [0.25, 0.3) is 5.56 Å². The molecule has 1 aliphatic heterocycles. The largest absolute Gasteiger partial charge is 0.366 e. The number of rotatable bonds is 4. The summed E-state index contributed by atoms with van der Waals surface area (Å²) in [5.41, 5.74) is 6.88. The summed E-state index contributed by atoms with van der Waals surface area (Å²) in [6.45, 7) is 4.23. The first kappa shape index (κ1) is 19.4. The number of benzene rings is 1. The minimum absolute atomic E-state index is 0.0812. The Bertz CT molecular complexity index is 1390. The highest BCUT2D eigenvalue weighted by molar-refractivity contribution is 5.83. The minimum Gasteiger partial charge on any atom is -0.341 e. The van der Waals surface area contributed by atoms with E-state index in [1.54, 1.807) is 24.4 Å². The van der Waals surface area contributed by atoms with Gasteiger partial charge in [-0.3, -0.25) is 4.79 Å². The van der Waals surface area contributed by atoms with Crippen molar-refractivity contribution in [3.63, 3.8) is 0 Å². The van der Waals surface area contributed by atoms with E-state index < -0.39 is 5.63 Å². The SMILES string of the molecule is CCn1c(N2CCCC(N)C2)nc2cnn(Cc3noc(=O)c4ccccc34)c(=O)c21. The van der Waals surface area contributed by atoms with Crippen LogP contribution in [0.4, 0.5) is 5.95 Å². The van der Waals surface area contributed by atoms with Crippen LogP contribution < -0.4 is 21.8 Å². The summed E-state index contributed by atoms with van der Waals surface area (Å²) in [6, 6.07) is 7.13. The van der Waals surface area contributed by atoms with Gasteiger partial charge in [0.15, 0.2) is 0 Å². The third-order valence-corrected chi connectivity index (χ3v) is 5.78. The van der Waals surface area contributed by atoms with Crippen LogP contribution in [-0.2, 0) is 13.1 Å². The number of aryl methyl sites for hydroxylation is 1. The molecule has 0 radical (unpaired) electrons. The molecule has 1 aromatic carbocycles. The molecule has 0 saturated carbocycles. The molecule has 0 spiro atoms. The van der Waals surface area contributed by atoms with E-state index >= 15 is 0 Å². The lowest BCUT2D eigenvalue weighted by Crippen LogP contribution is -2.44. The Morgan fingerprint density at radius 3 is 2.81 bits per heavy atom. The number of nitrogens with zero attached hydrogens (tertiary/aromatic N) is 6. The second-order valence-corrected chi connectivity index (χ2v) is 7.81. The molecule has 160 valence electrons. The monoisotopic (exact) mass is 421 g/mol. The zero-order valence-corrected chi connectivity index (χ0v) is 17.2. The molecule has 3 aromatic heterocycles. The maximum absolute atomic E-state index is 13.4. The number of piperidine rings is 1. The average molecular weight is 421 g/mol. The number of fused-ring (bicyclic) bond motifs is 2. The van der Waals surface area contributed by atoms with Crippen molar-refractivity contribution in [3.05, 3.63) is 56.9 Å². The molecule has 10 nitrogen and oxygen atoms in total. The predicted molar refractivity (Wildman–Crippen MR) is 116 cm³/mol. The Morgan fingerprint density at radius 1 is 1.23 bits per heavy atom. The summed E-state index contributed by atoms with van der Waals surface area (Å²) < 4.78 is 8.18. The van der Waals surface area contributed by atoms with Gasteiger partial charge in [0.1, 0.15) is 16.7 Å². The first-order valence-corrected chi connectivity index (χ1v) is 10.4. The fourth-order valence-corrected chi connectivity index (χ4v) is 4.28. The second-order valence-electron chi connectivity index (χ2n) is 7.81. The van der Waals surface area contributed by atoms with Gasteiger partial charge in [-0.25, -0.2) is 14.5 Å². The Kier molecular flexibility index (Phi) is 4.78. The van der Waals surface area contributed by atoms with Crippen molar-refractivity contribution in [2.24, 2.45) is 5.73 Å². The van der Waals surface area contributed by atoms with Crippen molar-refractivity contribution in [1.82, 2.24) is 24.5 Å². The molecule has 1 aliphatic rings. The van der Waals surface area contributed by atoms with E-state index in [-0.39, 0.29) is 18.1 Å². The molecule has 0 amide bonds. The smallest absolute Gasteiger partial charge is 0.341 e. The predicted octanol–water partition coefficient (Wildman–Crippen LogP) is 1.09. The molecule has 0 bridgehead atoms. The van der Waals surface area contributed by atoms with E-state index in [0.29, 0.717) is 40.6 Å². The molecule has 2 N–H and O–H groups in total. The van der Waals surface area contributed by atoms with Crippen LogP contribution in [0.5, 0.6) is 0 Å². The molecule has 4 aromatic rings.